The Kier molecular flexibility index (Phi) is 3.51. The smallest absolute Gasteiger partial charge is 0.321 e. The number of rotatable bonds is 3. The van der Waals surface area contributed by atoms with Gasteiger partial charge in [0.15, 0.2) is 0 Å². The lowest BCUT2D eigenvalue weighted by Gasteiger charge is -2.11. The molecule has 3 nitrogen and oxygen atoms in total. The van der Waals surface area contributed by atoms with Gasteiger partial charge in [-0.15, -0.1) is 0 Å². The van der Waals surface area contributed by atoms with Crippen molar-refractivity contribution in [3.8, 4) is 0 Å². The van der Waals surface area contributed by atoms with Crippen LogP contribution in [-0.2, 0) is 9.09 Å². The Labute approximate surface area is 81.8 Å². The average Bonchev–Trinajstić information content (AvgIpc) is 2.04. The normalized spacial score (nSPS) is 15.3. The maximum Gasteiger partial charge on any atom is 0.360 e. The molecule has 0 amide bonds. The third-order valence-corrected chi connectivity index (χ3v) is 3.53. The summed E-state index contributed by atoms with van der Waals surface area (Å²) >= 11 is 5.73. The summed E-state index contributed by atoms with van der Waals surface area (Å²) in [5.41, 5.74) is 0. The molecule has 0 radical (unpaired) electrons. The quantitative estimate of drug-likeness (QED) is 0.795. The van der Waals surface area contributed by atoms with E-state index in [-0.39, 0.29) is 16.9 Å². The zero-order valence-electron chi connectivity index (χ0n) is 7.11. The minimum absolute atomic E-state index is 0.151. The Morgan fingerprint density at radius 2 is 2.15 bits per heavy atom. The Bertz CT molecular complexity index is 340. The average molecular weight is 221 g/mol. The molecule has 0 aliphatic carbocycles. The van der Waals surface area contributed by atoms with Gasteiger partial charge in [0, 0.05) is 0 Å². The van der Waals surface area contributed by atoms with E-state index in [1.54, 1.807) is 25.1 Å². The Hall–Kier alpha value is -0.340. The highest BCUT2D eigenvalue weighted by Crippen LogP contribution is 2.42. The molecule has 1 aromatic carbocycles. The molecule has 72 valence electrons. The molecule has 13 heavy (non-hydrogen) atoms. The third-order valence-electron chi connectivity index (χ3n) is 1.46. The molecular formula is C8H10ClO3P. The van der Waals surface area contributed by atoms with Gasteiger partial charge in [-0.2, -0.15) is 0 Å². The molecule has 0 bridgehead atoms. The summed E-state index contributed by atoms with van der Waals surface area (Å²) in [6.45, 7) is 1.83. The van der Waals surface area contributed by atoms with Gasteiger partial charge in [-0.05, 0) is 19.1 Å². The van der Waals surface area contributed by atoms with Crippen LogP contribution in [0, 0.1) is 0 Å². The lowest BCUT2D eigenvalue weighted by atomic mass is 10.4. The van der Waals surface area contributed by atoms with Crippen LogP contribution in [0.2, 0.25) is 5.02 Å². The molecule has 0 heterocycles. The van der Waals surface area contributed by atoms with Gasteiger partial charge in [-0.25, -0.2) is 0 Å². The number of hydrogen-bond donors (Lipinski definition) is 1. The lowest BCUT2D eigenvalue weighted by molar-refractivity contribution is 0.284. The molecule has 0 spiro atoms. The van der Waals surface area contributed by atoms with E-state index in [2.05, 4.69) is 0 Å². The first-order chi connectivity index (χ1) is 6.08. The highest BCUT2D eigenvalue weighted by molar-refractivity contribution is 7.61. The number of halogens is 1. The van der Waals surface area contributed by atoms with E-state index in [1.165, 1.54) is 6.07 Å². The largest absolute Gasteiger partial charge is 0.360 e. The van der Waals surface area contributed by atoms with Gasteiger partial charge in [0.25, 0.3) is 0 Å². The number of benzene rings is 1. The summed E-state index contributed by atoms with van der Waals surface area (Å²) in [6, 6.07) is 6.37. The maximum absolute atomic E-state index is 11.5. The van der Waals surface area contributed by atoms with Crippen LogP contribution in [0.1, 0.15) is 6.92 Å². The fourth-order valence-electron chi connectivity index (χ4n) is 0.925. The molecule has 0 aliphatic rings. The molecule has 0 aromatic heterocycles. The molecule has 0 aliphatic heterocycles. The van der Waals surface area contributed by atoms with Gasteiger partial charge < -0.3 is 9.42 Å². The molecule has 1 aromatic rings. The highest BCUT2D eigenvalue weighted by atomic mass is 35.5. The van der Waals surface area contributed by atoms with Gasteiger partial charge in [0.1, 0.15) is 0 Å². The molecule has 1 unspecified atom stereocenters. The third kappa shape index (κ3) is 2.55. The van der Waals surface area contributed by atoms with Crippen LogP contribution >= 0.6 is 19.2 Å². The molecule has 0 saturated heterocycles. The van der Waals surface area contributed by atoms with Crippen LogP contribution in [0.5, 0.6) is 0 Å². The van der Waals surface area contributed by atoms with Crippen molar-refractivity contribution < 1.29 is 14.0 Å². The molecule has 1 rings (SSSR count). The zero-order valence-corrected chi connectivity index (χ0v) is 8.76. The highest BCUT2D eigenvalue weighted by Gasteiger charge is 2.24. The minimum atomic E-state index is -3.71. The second-order valence-electron chi connectivity index (χ2n) is 2.39. The summed E-state index contributed by atoms with van der Waals surface area (Å²) in [5, 5.41) is 0.403. The lowest BCUT2D eigenvalue weighted by Crippen LogP contribution is -2.07. The van der Waals surface area contributed by atoms with Gasteiger partial charge in [0.05, 0.1) is 16.9 Å². The van der Waals surface area contributed by atoms with Crippen molar-refractivity contribution in [3.05, 3.63) is 29.3 Å². The molecular weight excluding hydrogens is 211 g/mol. The fourth-order valence-corrected chi connectivity index (χ4v) is 2.49. The molecule has 1 N–H and O–H groups in total. The first kappa shape index (κ1) is 10.7. The summed E-state index contributed by atoms with van der Waals surface area (Å²) in [6.07, 6.45) is 0. The van der Waals surface area contributed by atoms with Gasteiger partial charge in [-0.3, -0.25) is 4.57 Å². The van der Waals surface area contributed by atoms with Crippen LogP contribution in [0.4, 0.5) is 0 Å². The SMILES string of the molecule is CCOP(=O)(O)c1ccccc1Cl. The van der Waals surface area contributed by atoms with E-state index < -0.39 is 7.60 Å². The maximum atomic E-state index is 11.5. The van der Waals surface area contributed by atoms with Crippen molar-refractivity contribution in [2.45, 2.75) is 6.92 Å². The van der Waals surface area contributed by atoms with Gasteiger partial charge in [-0.1, -0.05) is 23.7 Å². The summed E-state index contributed by atoms with van der Waals surface area (Å²) < 4.78 is 16.2. The van der Waals surface area contributed by atoms with Crippen LogP contribution in [0.3, 0.4) is 0 Å². The first-order valence-corrected chi connectivity index (χ1v) is 5.76. The van der Waals surface area contributed by atoms with E-state index in [0.29, 0.717) is 0 Å². The summed E-state index contributed by atoms with van der Waals surface area (Å²) in [4.78, 5) is 9.42. The molecule has 0 fully saturated rings. The zero-order chi connectivity index (χ0) is 9.90. The Morgan fingerprint density at radius 1 is 1.54 bits per heavy atom. The minimum Gasteiger partial charge on any atom is -0.321 e. The van der Waals surface area contributed by atoms with Crippen molar-refractivity contribution in [3.63, 3.8) is 0 Å². The predicted octanol–water partition coefficient (Wildman–Crippen LogP) is 2.19. The van der Waals surface area contributed by atoms with Crippen molar-refractivity contribution in [2.24, 2.45) is 0 Å². The van der Waals surface area contributed by atoms with Crippen molar-refractivity contribution in [1.29, 1.82) is 0 Å². The van der Waals surface area contributed by atoms with Gasteiger partial charge in [0.2, 0.25) is 0 Å². The molecule has 5 heteroatoms. The molecule has 0 saturated carbocycles. The van der Waals surface area contributed by atoms with E-state index >= 15 is 0 Å². The van der Waals surface area contributed by atoms with Crippen LogP contribution < -0.4 is 5.30 Å². The van der Waals surface area contributed by atoms with E-state index in [0.717, 1.165) is 0 Å². The van der Waals surface area contributed by atoms with Crippen LogP contribution in [0.25, 0.3) is 0 Å². The fraction of sp³-hybridized carbons (Fsp3) is 0.250. The van der Waals surface area contributed by atoms with E-state index in [1.807, 2.05) is 0 Å². The topological polar surface area (TPSA) is 46.5 Å². The second-order valence-corrected chi connectivity index (χ2v) is 4.58. The second kappa shape index (κ2) is 4.25. The Morgan fingerprint density at radius 3 is 2.69 bits per heavy atom. The van der Waals surface area contributed by atoms with E-state index in [4.69, 9.17) is 16.1 Å². The van der Waals surface area contributed by atoms with Gasteiger partial charge >= 0.3 is 7.60 Å². The predicted molar refractivity (Wildman–Crippen MR) is 52.5 cm³/mol. The van der Waals surface area contributed by atoms with Crippen molar-refractivity contribution in [1.82, 2.24) is 0 Å². The monoisotopic (exact) mass is 220 g/mol. The van der Waals surface area contributed by atoms with Crippen LogP contribution in [-0.4, -0.2) is 11.5 Å². The van der Waals surface area contributed by atoms with E-state index in [9.17, 15) is 9.46 Å². The van der Waals surface area contributed by atoms with Crippen molar-refractivity contribution >= 4 is 24.5 Å². The number of hydrogen-bond acceptors (Lipinski definition) is 2. The van der Waals surface area contributed by atoms with Crippen LogP contribution in [0.15, 0.2) is 24.3 Å². The molecule has 1 atom stereocenters. The Balaban J connectivity index is 3.07. The van der Waals surface area contributed by atoms with Crippen molar-refractivity contribution in [2.75, 3.05) is 6.61 Å². The first-order valence-electron chi connectivity index (χ1n) is 3.80. The summed E-state index contributed by atoms with van der Waals surface area (Å²) in [5.74, 6) is 0. The summed E-state index contributed by atoms with van der Waals surface area (Å²) in [7, 11) is -3.71. The standard InChI is InChI=1S/C8H10ClO3P/c1-2-12-13(10,11)8-6-4-3-5-7(8)9/h3-6H,2H2,1H3,(H,10,11).